The van der Waals surface area contributed by atoms with Crippen LogP contribution in [0.1, 0.15) is 25.7 Å². The monoisotopic (exact) mass is 610 g/mol. The predicted molar refractivity (Wildman–Crippen MR) is 181 cm³/mol. The largest absolute Gasteiger partial charge is 0.490 e. The van der Waals surface area contributed by atoms with Crippen LogP contribution in [0.3, 0.4) is 0 Å². The Kier molecular flexibility index (Phi) is 9.85. The van der Waals surface area contributed by atoms with Crippen molar-refractivity contribution >= 4 is 33.5 Å². The highest BCUT2D eigenvalue weighted by Gasteiger charge is 2.20. The number of ether oxygens (including phenoxy) is 4. The van der Waals surface area contributed by atoms with Gasteiger partial charge in [0, 0.05) is 18.4 Å². The molecule has 6 rings (SSSR count). The van der Waals surface area contributed by atoms with Crippen molar-refractivity contribution < 1.29 is 28.5 Å². The number of hydrogen-bond donors (Lipinski definition) is 0. The summed E-state index contributed by atoms with van der Waals surface area (Å²) < 4.78 is 23.8. The van der Waals surface area contributed by atoms with Gasteiger partial charge < -0.3 is 18.9 Å². The predicted octanol–water partition coefficient (Wildman–Crippen LogP) is 9.19. The van der Waals surface area contributed by atoms with Crippen molar-refractivity contribution in [2.45, 2.75) is 25.7 Å². The van der Waals surface area contributed by atoms with E-state index in [0.717, 1.165) is 32.7 Å². The lowest BCUT2D eigenvalue weighted by Gasteiger charge is -2.20. The van der Waals surface area contributed by atoms with Crippen LogP contribution in [-0.2, 0) is 9.59 Å². The summed E-state index contributed by atoms with van der Waals surface area (Å²) in [7, 11) is 0. The zero-order chi connectivity index (χ0) is 31.6. The molecule has 0 aliphatic heterocycles. The molecule has 6 aromatic rings. The number of fused-ring (bicyclic) bond motifs is 2. The Morgan fingerprint density at radius 2 is 1.02 bits per heavy atom. The highest BCUT2D eigenvalue weighted by atomic mass is 16.5. The van der Waals surface area contributed by atoms with Gasteiger partial charge in [0.1, 0.15) is 11.5 Å². The summed E-state index contributed by atoms with van der Waals surface area (Å²) in [6.07, 6.45) is 1.33. The molecule has 0 heterocycles. The van der Waals surface area contributed by atoms with Crippen LogP contribution in [0.5, 0.6) is 23.0 Å². The smallest absolute Gasteiger partial charge is 0.311 e. The minimum Gasteiger partial charge on any atom is -0.490 e. The minimum atomic E-state index is -0.318. The molecular weight excluding hydrogens is 576 g/mol. The molecule has 0 aromatic heterocycles. The molecule has 6 heteroatoms. The molecule has 46 heavy (non-hydrogen) atoms. The quantitative estimate of drug-likeness (QED) is 0.0738. The summed E-state index contributed by atoms with van der Waals surface area (Å²) in [4.78, 5) is 24.9. The topological polar surface area (TPSA) is 71.1 Å². The van der Waals surface area contributed by atoms with Crippen molar-refractivity contribution in [1.29, 1.82) is 0 Å². The molecule has 0 fully saturated rings. The fraction of sp³-hybridized carbons (Fsp3) is 0.150. The van der Waals surface area contributed by atoms with Gasteiger partial charge in [-0.3, -0.25) is 9.59 Å². The number of carbonyl (C=O) groups is 2. The standard InChI is InChI=1S/C40H34O6/c41-37(45-31-17-3-1-4-18-31)24-12-26-43-36-28-30-15-8-10-22-34(30)39(35-23-11-16-29-14-7-9-21-33(29)35)40(36)44-27-13-25-38(42)46-32-19-5-2-6-20-32/h1-11,14-23,28H,12-13,24-27H2. The van der Waals surface area contributed by atoms with Crippen molar-refractivity contribution in [3.8, 4) is 34.1 Å². The van der Waals surface area contributed by atoms with Crippen LogP contribution in [-0.4, -0.2) is 25.2 Å². The van der Waals surface area contributed by atoms with E-state index in [1.807, 2.05) is 72.8 Å². The van der Waals surface area contributed by atoms with Crippen LogP contribution < -0.4 is 18.9 Å². The second-order valence-electron chi connectivity index (χ2n) is 10.8. The van der Waals surface area contributed by atoms with Gasteiger partial charge in [-0.05, 0) is 70.3 Å². The first-order valence-electron chi connectivity index (χ1n) is 15.5. The molecular formula is C40H34O6. The number of rotatable bonds is 13. The number of carbonyl (C=O) groups excluding carboxylic acids is 2. The normalized spacial score (nSPS) is 10.9. The third kappa shape index (κ3) is 7.53. The highest BCUT2D eigenvalue weighted by molar-refractivity contribution is 6.08. The molecule has 230 valence electrons. The lowest BCUT2D eigenvalue weighted by molar-refractivity contribution is -0.135. The molecule has 0 saturated carbocycles. The van der Waals surface area contributed by atoms with Crippen LogP contribution in [0.2, 0.25) is 0 Å². The van der Waals surface area contributed by atoms with Gasteiger partial charge in [0.05, 0.1) is 13.2 Å². The van der Waals surface area contributed by atoms with Gasteiger partial charge in [-0.1, -0.05) is 103 Å². The van der Waals surface area contributed by atoms with Gasteiger partial charge >= 0.3 is 11.9 Å². The van der Waals surface area contributed by atoms with Crippen LogP contribution in [0.4, 0.5) is 0 Å². The fourth-order valence-electron chi connectivity index (χ4n) is 5.40. The van der Waals surface area contributed by atoms with Crippen LogP contribution in [0.25, 0.3) is 32.7 Å². The van der Waals surface area contributed by atoms with Crippen molar-refractivity contribution in [2.75, 3.05) is 13.2 Å². The van der Waals surface area contributed by atoms with Gasteiger partial charge in [0.25, 0.3) is 0 Å². The third-order valence-corrected chi connectivity index (χ3v) is 7.53. The lowest BCUT2D eigenvalue weighted by Crippen LogP contribution is -2.11. The van der Waals surface area contributed by atoms with Gasteiger partial charge in [-0.2, -0.15) is 0 Å². The van der Waals surface area contributed by atoms with Crippen molar-refractivity contribution in [3.63, 3.8) is 0 Å². The zero-order valence-electron chi connectivity index (χ0n) is 25.4. The first-order chi connectivity index (χ1) is 22.7. The second-order valence-corrected chi connectivity index (χ2v) is 10.8. The minimum absolute atomic E-state index is 0.200. The Labute approximate surface area is 268 Å². The van der Waals surface area contributed by atoms with E-state index in [1.165, 1.54) is 0 Å². The van der Waals surface area contributed by atoms with E-state index in [0.29, 0.717) is 35.8 Å². The van der Waals surface area contributed by atoms with Gasteiger partial charge in [-0.15, -0.1) is 0 Å². The average Bonchev–Trinajstić information content (AvgIpc) is 3.09. The van der Waals surface area contributed by atoms with Crippen molar-refractivity contribution in [1.82, 2.24) is 0 Å². The molecule has 0 bridgehead atoms. The first kappa shape index (κ1) is 30.4. The Hall–Kier alpha value is -5.62. The molecule has 0 saturated heterocycles. The summed E-state index contributed by atoms with van der Waals surface area (Å²) >= 11 is 0. The molecule has 0 radical (unpaired) electrons. The van der Waals surface area contributed by atoms with E-state index < -0.39 is 0 Å². The molecule has 0 spiro atoms. The maximum Gasteiger partial charge on any atom is 0.311 e. The summed E-state index contributed by atoms with van der Waals surface area (Å²) in [6, 6.07) is 42.7. The number of para-hydroxylation sites is 2. The Bertz CT molecular complexity index is 1930. The Morgan fingerprint density at radius 1 is 0.500 bits per heavy atom. The lowest BCUT2D eigenvalue weighted by atomic mass is 9.92. The van der Waals surface area contributed by atoms with Crippen LogP contribution in [0.15, 0.2) is 133 Å². The van der Waals surface area contributed by atoms with E-state index in [1.54, 1.807) is 24.3 Å². The van der Waals surface area contributed by atoms with Crippen molar-refractivity contribution in [2.24, 2.45) is 0 Å². The maximum absolute atomic E-state index is 12.5. The van der Waals surface area contributed by atoms with E-state index in [4.69, 9.17) is 18.9 Å². The van der Waals surface area contributed by atoms with E-state index in [-0.39, 0.29) is 38.0 Å². The number of hydrogen-bond acceptors (Lipinski definition) is 6. The fourth-order valence-corrected chi connectivity index (χ4v) is 5.40. The zero-order valence-corrected chi connectivity index (χ0v) is 25.4. The summed E-state index contributed by atoms with van der Waals surface area (Å²) in [6.45, 7) is 0.566. The molecule has 0 N–H and O–H groups in total. The molecule has 0 unspecified atom stereocenters. The molecule has 0 atom stereocenters. The van der Waals surface area contributed by atoms with E-state index >= 15 is 0 Å². The molecule has 0 aliphatic carbocycles. The van der Waals surface area contributed by atoms with Crippen LogP contribution in [0, 0.1) is 0 Å². The maximum atomic E-state index is 12.5. The van der Waals surface area contributed by atoms with Gasteiger partial charge in [0.15, 0.2) is 11.5 Å². The van der Waals surface area contributed by atoms with Gasteiger partial charge in [0.2, 0.25) is 0 Å². The van der Waals surface area contributed by atoms with E-state index in [2.05, 4.69) is 36.4 Å². The van der Waals surface area contributed by atoms with Crippen molar-refractivity contribution in [3.05, 3.63) is 133 Å². The van der Waals surface area contributed by atoms with Crippen LogP contribution >= 0.6 is 0 Å². The Morgan fingerprint density at radius 3 is 1.67 bits per heavy atom. The first-order valence-corrected chi connectivity index (χ1v) is 15.5. The molecule has 6 nitrogen and oxygen atoms in total. The number of esters is 2. The Balaban J connectivity index is 1.25. The molecule has 6 aromatic carbocycles. The SMILES string of the molecule is O=C(CCCOc1cc2ccccc2c(-c2cccc3ccccc23)c1OCCCC(=O)Oc1ccccc1)Oc1ccccc1. The van der Waals surface area contributed by atoms with Gasteiger partial charge in [-0.25, -0.2) is 0 Å². The summed E-state index contributed by atoms with van der Waals surface area (Å²) in [5.41, 5.74) is 1.94. The molecule has 0 amide bonds. The van der Waals surface area contributed by atoms with E-state index in [9.17, 15) is 9.59 Å². The average molecular weight is 611 g/mol. The highest BCUT2D eigenvalue weighted by Crippen LogP contribution is 2.46. The number of benzene rings is 6. The second kappa shape index (κ2) is 14.9. The third-order valence-electron chi connectivity index (χ3n) is 7.53. The molecule has 0 aliphatic rings. The summed E-state index contributed by atoms with van der Waals surface area (Å²) in [5, 5.41) is 4.23. The summed E-state index contributed by atoms with van der Waals surface area (Å²) in [5.74, 6) is 1.57.